The van der Waals surface area contributed by atoms with Crippen LogP contribution in [0.3, 0.4) is 0 Å². The summed E-state index contributed by atoms with van der Waals surface area (Å²) in [5, 5.41) is 20.9. The molecule has 0 saturated heterocycles. The standard InChI is InChI=1S/C18H15Cl2NO6/c1-9(22)27-16-11(8-12(19)15(23)14(16)20)17(24)21-13(18(25)26)7-10-5-3-2-4-6-10/h2-6,8,13,23H,7H2,1H3,(H,21,24)(H,25,26). The van der Waals surface area contributed by atoms with Crippen LogP contribution in [0.5, 0.6) is 11.5 Å². The van der Waals surface area contributed by atoms with Crippen LogP contribution in [-0.2, 0) is 16.0 Å². The lowest BCUT2D eigenvalue weighted by atomic mass is 10.1. The molecule has 1 amide bonds. The monoisotopic (exact) mass is 411 g/mol. The predicted octanol–water partition coefficient (Wildman–Crippen LogP) is 3.05. The van der Waals surface area contributed by atoms with E-state index in [-0.39, 0.29) is 17.0 Å². The molecule has 2 aromatic carbocycles. The summed E-state index contributed by atoms with van der Waals surface area (Å²) in [4.78, 5) is 35.4. The molecule has 2 aromatic rings. The third kappa shape index (κ3) is 5.12. The van der Waals surface area contributed by atoms with Gasteiger partial charge in [0.1, 0.15) is 11.1 Å². The van der Waals surface area contributed by atoms with Gasteiger partial charge in [-0.2, -0.15) is 0 Å². The first-order chi connectivity index (χ1) is 12.7. The van der Waals surface area contributed by atoms with Crippen molar-refractivity contribution in [1.29, 1.82) is 0 Å². The highest BCUT2D eigenvalue weighted by Gasteiger charge is 2.27. The van der Waals surface area contributed by atoms with Gasteiger partial charge in [-0.05, 0) is 11.6 Å². The molecule has 0 aliphatic rings. The molecule has 9 heteroatoms. The number of esters is 1. The zero-order chi connectivity index (χ0) is 20.1. The van der Waals surface area contributed by atoms with Crippen LogP contribution < -0.4 is 10.1 Å². The fourth-order valence-corrected chi connectivity index (χ4v) is 2.78. The van der Waals surface area contributed by atoms with Crippen LogP contribution in [0.4, 0.5) is 0 Å². The lowest BCUT2D eigenvalue weighted by Gasteiger charge is -2.17. The normalized spacial score (nSPS) is 11.5. The Morgan fingerprint density at radius 3 is 2.37 bits per heavy atom. The van der Waals surface area contributed by atoms with Crippen LogP contribution in [0, 0.1) is 0 Å². The van der Waals surface area contributed by atoms with Gasteiger partial charge in [0.2, 0.25) is 0 Å². The minimum Gasteiger partial charge on any atom is -0.505 e. The molecule has 0 spiro atoms. The second-order valence-electron chi connectivity index (χ2n) is 5.55. The zero-order valence-corrected chi connectivity index (χ0v) is 15.5. The summed E-state index contributed by atoms with van der Waals surface area (Å²) in [5.41, 5.74) is 0.421. The van der Waals surface area contributed by atoms with Crippen molar-refractivity contribution >= 4 is 41.0 Å². The van der Waals surface area contributed by atoms with Crippen molar-refractivity contribution in [2.45, 2.75) is 19.4 Å². The summed E-state index contributed by atoms with van der Waals surface area (Å²) in [5.74, 6) is -3.89. The molecular formula is C18H15Cl2NO6. The molecule has 1 unspecified atom stereocenters. The van der Waals surface area contributed by atoms with Gasteiger partial charge in [-0.25, -0.2) is 4.79 Å². The van der Waals surface area contributed by atoms with Gasteiger partial charge in [0.05, 0.1) is 10.6 Å². The minimum atomic E-state index is -1.25. The fourth-order valence-electron chi connectivity index (χ4n) is 2.29. The van der Waals surface area contributed by atoms with E-state index in [1.807, 2.05) is 0 Å². The van der Waals surface area contributed by atoms with Gasteiger partial charge >= 0.3 is 11.9 Å². The van der Waals surface area contributed by atoms with Crippen LogP contribution in [0.15, 0.2) is 36.4 Å². The molecule has 7 nitrogen and oxygen atoms in total. The number of rotatable bonds is 6. The molecule has 0 bridgehead atoms. The van der Waals surface area contributed by atoms with E-state index in [1.165, 1.54) is 0 Å². The lowest BCUT2D eigenvalue weighted by molar-refractivity contribution is -0.139. The fraction of sp³-hybridized carbons (Fsp3) is 0.167. The number of carbonyl (C=O) groups excluding carboxylic acids is 2. The second-order valence-corrected chi connectivity index (χ2v) is 6.33. The average molecular weight is 412 g/mol. The highest BCUT2D eigenvalue weighted by molar-refractivity contribution is 6.39. The van der Waals surface area contributed by atoms with E-state index in [9.17, 15) is 24.6 Å². The van der Waals surface area contributed by atoms with Crippen LogP contribution in [0.2, 0.25) is 10.0 Å². The first-order valence-electron chi connectivity index (χ1n) is 7.67. The molecule has 0 heterocycles. The Morgan fingerprint density at radius 2 is 1.81 bits per heavy atom. The molecule has 2 rings (SSSR count). The van der Waals surface area contributed by atoms with Gasteiger partial charge in [0, 0.05) is 13.3 Å². The van der Waals surface area contributed by atoms with E-state index >= 15 is 0 Å². The van der Waals surface area contributed by atoms with E-state index < -0.39 is 40.4 Å². The van der Waals surface area contributed by atoms with Crippen molar-refractivity contribution in [3.63, 3.8) is 0 Å². The number of carbonyl (C=O) groups is 3. The number of halogens is 2. The number of ether oxygens (including phenoxy) is 1. The number of nitrogens with one attached hydrogen (secondary N) is 1. The summed E-state index contributed by atoms with van der Waals surface area (Å²) >= 11 is 11.7. The molecule has 0 fully saturated rings. The minimum absolute atomic E-state index is 0.0321. The molecule has 0 aliphatic carbocycles. The van der Waals surface area contributed by atoms with Crippen molar-refractivity contribution in [2.24, 2.45) is 0 Å². The lowest BCUT2D eigenvalue weighted by Crippen LogP contribution is -2.42. The topological polar surface area (TPSA) is 113 Å². The van der Waals surface area contributed by atoms with Gasteiger partial charge in [0.25, 0.3) is 5.91 Å². The molecule has 0 saturated carbocycles. The molecule has 1 atom stereocenters. The van der Waals surface area contributed by atoms with Crippen molar-refractivity contribution in [3.8, 4) is 11.5 Å². The number of hydrogen-bond acceptors (Lipinski definition) is 5. The van der Waals surface area contributed by atoms with Crippen molar-refractivity contribution in [3.05, 3.63) is 57.6 Å². The second kappa shape index (κ2) is 8.75. The van der Waals surface area contributed by atoms with E-state index in [4.69, 9.17) is 27.9 Å². The summed E-state index contributed by atoms with van der Waals surface area (Å²) in [6.07, 6.45) is 0.0321. The molecular weight excluding hydrogens is 397 g/mol. The molecule has 3 N–H and O–H groups in total. The first kappa shape index (κ1) is 20.5. The number of carboxylic acid groups (broad SMARTS) is 1. The maximum Gasteiger partial charge on any atom is 0.326 e. The maximum atomic E-state index is 12.6. The van der Waals surface area contributed by atoms with Crippen molar-refractivity contribution in [2.75, 3.05) is 0 Å². The number of aliphatic carboxylic acids is 1. The molecule has 0 radical (unpaired) electrons. The maximum absolute atomic E-state index is 12.6. The summed E-state index contributed by atoms with van der Waals surface area (Å²) in [6, 6.07) is 8.50. The quantitative estimate of drug-likeness (QED) is 0.497. The number of hydrogen-bond donors (Lipinski definition) is 3. The highest BCUT2D eigenvalue weighted by Crippen LogP contribution is 2.41. The first-order valence-corrected chi connectivity index (χ1v) is 8.43. The number of phenolic OH excluding ortho intramolecular Hbond substituents is 1. The summed E-state index contributed by atoms with van der Waals surface area (Å²) < 4.78 is 4.90. The van der Waals surface area contributed by atoms with E-state index in [2.05, 4.69) is 5.32 Å². The molecule has 0 aliphatic heterocycles. The Balaban J connectivity index is 2.35. The molecule has 142 valence electrons. The Bertz CT molecular complexity index is 885. The van der Waals surface area contributed by atoms with E-state index in [0.29, 0.717) is 5.56 Å². The third-order valence-corrected chi connectivity index (χ3v) is 4.16. The average Bonchev–Trinajstić information content (AvgIpc) is 2.61. The number of aromatic hydroxyl groups is 1. The Hall–Kier alpha value is -2.77. The van der Waals surface area contributed by atoms with Gasteiger partial charge in [-0.3, -0.25) is 9.59 Å². The van der Waals surface area contributed by atoms with Gasteiger partial charge < -0.3 is 20.3 Å². The zero-order valence-electron chi connectivity index (χ0n) is 14.0. The Kier molecular flexibility index (Phi) is 6.65. The van der Waals surface area contributed by atoms with Crippen molar-refractivity contribution < 1.29 is 29.3 Å². The Morgan fingerprint density at radius 1 is 1.19 bits per heavy atom. The number of carboxylic acids is 1. The van der Waals surface area contributed by atoms with E-state index in [0.717, 1.165) is 13.0 Å². The van der Waals surface area contributed by atoms with Gasteiger partial charge in [-0.15, -0.1) is 0 Å². The Labute approximate surface area is 164 Å². The van der Waals surface area contributed by atoms with Crippen molar-refractivity contribution in [1.82, 2.24) is 5.32 Å². The number of benzene rings is 2. The van der Waals surface area contributed by atoms with Gasteiger partial charge in [-0.1, -0.05) is 53.5 Å². The van der Waals surface area contributed by atoms with E-state index in [1.54, 1.807) is 30.3 Å². The number of amides is 1. The largest absolute Gasteiger partial charge is 0.505 e. The van der Waals surface area contributed by atoms with Crippen LogP contribution >= 0.6 is 23.2 Å². The summed E-state index contributed by atoms with van der Waals surface area (Å²) in [6.45, 7) is 1.08. The highest BCUT2D eigenvalue weighted by atomic mass is 35.5. The SMILES string of the molecule is CC(=O)Oc1c(C(=O)NC(Cc2ccccc2)C(=O)O)cc(Cl)c(O)c1Cl. The molecule has 27 heavy (non-hydrogen) atoms. The van der Waals surface area contributed by atoms with Gasteiger partial charge in [0.15, 0.2) is 11.5 Å². The number of phenols is 1. The van der Waals surface area contributed by atoms with Crippen LogP contribution in [0.25, 0.3) is 0 Å². The smallest absolute Gasteiger partial charge is 0.326 e. The molecule has 0 aromatic heterocycles. The predicted molar refractivity (Wildman–Crippen MR) is 98.5 cm³/mol. The third-order valence-electron chi connectivity index (χ3n) is 3.53. The summed E-state index contributed by atoms with van der Waals surface area (Å²) in [7, 11) is 0. The van der Waals surface area contributed by atoms with Crippen LogP contribution in [0.1, 0.15) is 22.8 Å². The van der Waals surface area contributed by atoms with Crippen LogP contribution in [-0.4, -0.2) is 34.1 Å².